The molecule has 23 heavy (non-hydrogen) atoms. The van der Waals surface area contributed by atoms with Crippen molar-refractivity contribution in [1.82, 2.24) is 14.8 Å². The highest BCUT2D eigenvalue weighted by Gasteiger charge is 2.29. The van der Waals surface area contributed by atoms with E-state index in [0.29, 0.717) is 12.5 Å². The van der Waals surface area contributed by atoms with Crippen molar-refractivity contribution in [2.24, 2.45) is 0 Å². The number of halogens is 1. The molecule has 1 saturated carbocycles. The van der Waals surface area contributed by atoms with Gasteiger partial charge in [-0.3, -0.25) is 0 Å². The normalized spacial score (nSPS) is 15.8. The van der Waals surface area contributed by atoms with E-state index in [1.807, 2.05) is 29.8 Å². The standard InChI is InChI=1S/C17H22ClN3OS/c1-2-14(22)9-21-16(19-17(20-21)12-7-8-12)11-23-10-13-5-3-4-6-15(13)18/h3-6,12,14,22H,2,7-11H2,1H3/t14-/m0/s1. The van der Waals surface area contributed by atoms with Gasteiger partial charge in [0.15, 0.2) is 5.82 Å². The Balaban J connectivity index is 1.64. The number of hydrogen-bond acceptors (Lipinski definition) is 4. The van der Waals surface area contributed by atoms with Gasteiger partial charge in [0.25, 0.3) is 0 Å². The van der Waals surface area contributed by atoms with Crippen LogP contribution in [0.1, 0.15) is 49.3 Å². The summed E-state index contributed by atoms with van der Waals surface area (Å²) in [6.07, 6.45) is 2.74. The molecular weight excluding hydrogens is 330 g/mol. The molecule has 0 amide bonds. The Hall–Kier alpha value is -1.04. The number of benzene rings is 1. The van der Waals surface area contributed by atoms with Crippen molar-refractivity contribution in [3.8, 4) is 0 Å². The number of nitrogens with zero attached hydrogens (tertiary/aromatic N) is 3. The van der Waals surface area contributed by atoms with E-state index in [0.717, 1.165) is 40.2 Å². The molecule has 1 fully saturated rings. The van der Waals surface area contributed by atoms with E-state index in [9.17, 15) is 5.11 Å². The van der Waals surface area contributed by atoms with Crippen LogP contribution in [0.5, 0.6) is 0 Å². The van der Waals surface area contributed by atoms with Gasteiger partial charge in [-0.25, -0.2) is 9.67 Å². The average molecular weight is 352 g/mol. The van der Waals surface area contributed by atoms with Crippen molar-refractivity contribution in [1.29, 1.82) is 0 Å². The lowest BCUT2D eigenvalue weighted by atomic mass is 10.2. The van der Waals surface area contributed by atoms with E-state index in [1.54, 1.807) is 11.8 Å². The molecule has 2 aromatic rings. The van der Waals surface area contributed by atoms with Gasteiger partial charge in [0, 0.05) is 16.7 Å². The van der Waals surface area contributed by atoms with E-state index in [4.69, 9.17) is 16.6 Å². The summed E-state index contributed by atoms with van der Waals surface area (Å²) in [5.41, 5.74) is 1.14. The van der Waals surface area contributed by atoms with E-state index in [2.05, 4.69) is 11.2 Å². The SMILES string of the molecule is CC[C@H](O)Cn1nc(C2CC2)nc1CSCc1ccccc1Cl. The van der Waals surface area contributed by atoms with Crippen LogP contribution in [0.3, 0.4) is 0 Å². The van der Waals surface area contributed by atoms with Gasteiger partial charge in [-0.1, -0.05) is 36.7 Å². The molecule has 3 rings (SSSR count). The predicted octanol–water partition coefficient (Wildman–Crippen LogP) is 4.01. The van der Waals surface area contributed by atoms with Gasteiger partial charge in [0.2, 0.25) is 0 Å². The highest BCUT2D eigenvalue weighted by molar-refractivity contribution is 7.97. The van der Waals surface area contributed by atoms with Crippen molar-refractivity contribution < 1.29 is 5.11 Å². The van der Waals surface area contributed by atoms with Gasteiger partial charge in [-0.2, -0.15) is 5.10 Å². The summed E-state index contributed by atoms with van der Waals surface area (Å²) in [6, 6.07) is 7.92. The summed E-state index contributed by atoms with van der Waals surface area (Å²) < 4.78 is 1.89. The van der Waals surface area contributed by atoms with Crippen molar-refractivity contribution in [2.75, 3.05) is 0 Å². The molecule has 6 heteroatoms. The van der Waals surface area contributed by atoms with Crippen LogP contribution in [-0.2, 0) is 18.1 Å². The number of aliphatic hydroxyl groups is 1. The third kappa shape index (κ3) is 4.49. The van der Waals surface area contributed by atoms with Crippen LogP contribution in [0.25, 0.3) is 0 Å². The Labute approximate surface area is 146 Å². The lowest BCUT2D eigenvalue weighted by Crippen LogP contribution is -2.17. The van der Waals surface area contributed by atoms with Crippen molar-refractivity contribution in [2.45, 2.75) is 56.3 Å². The molecular formula is C17H22ClN3OS. The van der Waals surface area contributed by atoms with Gasteiger partial charge in [0.05, 0.1) is 18.4 Å². The zero-order valence-electron chi connectivity index (χ0n) is 13.3. The van der Waals surface area contributed by atoms with Gasteiger partial charge < -0.3 is 5.11 Å². The lowest BCUT2D eigenvalue weighted by Gasteiger charge is -2.10. The van der Waals surface area contributed by atoms with Gasteiger partial charge in [-0.15, -0.1) is 11.8 Å². The maximum Gasteiger partial charge on any atom is 0.154 e. The Morgan fingerprint density at radius 1 is 1.35 bits per heavy atom. The second-order valence-electron chi connectivity index (χ2n) is 5.99. The highest BCUT2D eigenvalue weighted by Crippen LogP contribution is 2.38. The number of aliphatic hydroxyl groups excluding tert-OH is 1. The fourth-order valence-electron chi connectivity index (χ4n) is 2.36. The maximum absolute atomic E-state index is 9.93. The molecule has 0 unspecified atom stereocenters. The summed E-state index contributed by atoms with van der Waals surface area (Å²) in [4.78, 5) is 4.70. The zero-order chi connectivity index (χ0) is 16.2. The van der Waals surface area contributed by atoms with Crippen LogP contribution in [0.4, 0.5) is 0 Å². The molecule has 1 N–H and O–H groups in total. The fraction of sp³-hybridized carbons (Fsp3) is 0.529. The minimum Gasteiger partial charge on any atom is -0.391 e. The molecule has 0 bridgehead atoms. The third-order valence-corrected chi connectivity index (χ3v) is 5.35. The Kier molecular flexibility index (Phi) is 5.62. The Bertz CT molecular complexity index is 657. The quantitative estimate of drug-likeness (QED) is 0.780. The molecule has 1 heterocycles. The predicted molar refractivity (Wildman–Crippen MR) is 94.7 cm³/mol. The largest absolute Gasteiger partial charge is 0.391 e. The second kappa shape index (κ2) is 7.69. The number of thioether (sulfide) groups is 1. The second-order valence-corrected chi connectivity index (χ2v) is 7.38. The zero-order valence-corrected chi connectivity index (χ0v) is 14.9. The Morgan fingerprint density at radius 3 is 2.83 bits per heavy atom. The smallest absolute Gasteiger partial charge is 0.154 e. The molecule has 1 aliphatic rings. The molecule has 1 aromatic heterocycles. The molecule has 0 radical (unpaired) electrons. The van der Waals surface area contributed by atoms with Crippen molar-refractivity contribution in [3.63, 3.8) is 0 Å². The number of hydrogen-bond donors (Lipinski definition) is 1. The van der Waals surface area contributed by atoms with E-state index < -0.39 is 0 Å². The van der Waals surface area contributed by atoms with Crippen LogP contribution in [0.2, 0.25) is 5.02 Å². The average Bonchev–Trinajstić information content (AvgIpc) is 3.32. The van der Waals surface area contributed by atoms with Gasteiger partial charge in [0.1, 0.15) is 5.82 Å². The van der Waals surface area contributed by atoms with Crippen LogP contribution in [0.15, 0.2) is 24.3 Å². The number of aromatic nitrogens is 3. The van der Waals surface area contributed by atoms with Gasteiger partial charge in [-0.05, 0) is 30.9 Å². The molecule has 0 saturated heterocycles. The Morgan fingerprint density at radius 2 is 2.13 bits per heavy atom. The van der Waals surface area contributed by atoms with Crippen molar-refractivity contribution in [3.05, 3.63) is 46.5 Å². The summed E-state index contributed by atoms with van der Waals surface area (Å²) in [5, 5.41) is 15.3. The first-order chi connectivity index (χ1) is 11.2. The van der Waals surface area contributed by atoms with Crippen LogP contribution < -0.4 is 0 Å². The third-order valence-electron chi connectivity index (χ3n) is 4.01. The topological polar surface area (TPSA) is 50.9 Å². The fourth-order valence-corrected chi connectivity index (χ4v) is 3.61. The van der Waals surface area contributed by atoms with Crippen molar-refractivity contribution >= 4 is 23.4 Å². The summed E-state index contributed by atoms with van der Waals surface area (Å²) in [6.45, 7) is 2.51. The molecule has 124 valence electrons. The molecule has 0 spiro atoms. The molecule has 1 aromatic carbocycles. The maximum atomic E-state index is 9.93. The lowest BCUT2D eigenvalue weighted by molar-refractivity contribution is 0.144. The minimum absolute atomic E-state index is 0.365. The molecule has 4 nitrogen and oxygen atoms in total. The summed E-state index contributed by atoms with van der Waals surface area (Å²) >= 11 is 7.98. The monoisotopic (exact) mass is 351 g/mol. The summed E-state index contributed by atoms with van der Waals surface area (Å²) in [7, 11) is 0. The minimum atomic E-state index is -0.365. The van der Waals surface area contributed by atoms with Crippen LogP contribution in [-0.4, -0.2) is 26.0 Å². The molecule has 0 aliphatic heterocycles. The van der Waals surface area contributed by atoms with E-state index in [1.165, 1.54) is 12.8 Å². The van der Waals surface area contributed by atoms with E-state index >= 15 is 0 Å². The number of rotatable bonds is 8. The van der Waals surface area contributed by atoms with Crippen LogP contribution >= 0.6 is 23.4 Å². The van der Waals surface area contributed by atoms with Gasteiger partial charge >= 0.3 is 0 Å². The summed E-state index contributed by atoms with van der Waals surface area (Å²) in [5.74, 6) is 4.06. The van der Waals surface area contributed by atoms with E-state index in [-0.39, 0.29) is 6.10 Å². The molecule has 1 atom stereocenters. The first-order valence-electron chi connectivity index (χ1n) is 8.10. The first kappa shape index (κ1) is 16.8. The van der Waals surface area contributed by atoms with Crippen LogP contribution in [0, 0.1) is 0 Å². The first-order valence-corrected chi connectivity index (χ1v) is 9.63. The highest BCUT2D eigenvalue weighted by atomic mass is 35.5. The molecule has 1 aliphatic carbocycles.